The Morgan fingerprint density at radius 1 is 1.05 bits per heavy atom. The lowest BCUT2D eigenvalue weighted by molar-refractivity contribution is 0.927. The van der Waals surface area contributed by atoms with Crippen molar-refractivity contribution in [1.29, 1.82) is 0 Å². The standard InChI is InChI=1S/C16H18N4/c1-20-15-5-3-2-4-14(15)19-16(20)18-11-13-8-6-12(10-17)7-9-13/h2-9H,10-11,17H2,1H3,(H,18,19). The highest BCUT2D eigenvalue weighted by molar-refractivity contribution is 5.78. The summed E-state index contributed by atoms with van der Waals surface area (Å²) in [6.45, 7) is 1.33. The third-order valence-electron chi connectivity index (χ3n) is 3.50. The predicted octanol–water partition coefficient (Wildman–Crippen LogP) is 2.64. The summed E-state index contributed by atoms with van der Waals surface area (Å²) in [5.41, 5.74) is 10.1. The highest BCUT2D eigenvalue weighted by Crippen LogP contribution is 2.18. The molecule has 2 aromatic carbocycles. The first-order valence-electron chi connectivity index (χ1n) is 6.71. The van der Waals surface area contributed by atoms with Crippen LogP contribution in [0.3, 0.4) is 0 Å². The van der Waals surface area contributed by atoms with Crippen molar-refractivity contribution < 1.29 is 0 Å². The van der Waals surface area contributed by atoms with E-state index in [-0.39, 0.29) is 0 Å². The van der Waals surface area contributed by atoms with E-state index in [9.17, 15) is 0 Å². The fourth-order valence-corrected chi connectivity index (χ4v) is 2.28. The number of para-hydroxylation sites is 2. The van der Waals surface area contributed by atoms with Gasteiger partial charge >= 0.3 is 0 Å². The minimum absolute atomic E-state index is 0.582. The Hall–Kier alpha value is -2.33. The number of fused-ring (bicyclic) bond motifs is 1. The van der Waals surface area contributed by atoms with Gasteiger partial charge in [0.05, 0.1) is 11.0 Å². The van der Waals surface area contributed by atoms with E-state index in [4.69, 9.17) is 5.73 Å². The van der Waals surface area contributed by atoms with E-state index in [1.54, 1.807) is 0 Å². The third-order valence-corrected chi connectivity index (χ3v) is 3.50. The quantitative estimate of drug-likeness (QED) is 0.763. The smallest absolute Gasteiger partial charge is 0.203 e. The van der Waals surface area contributed by atoms with Crippen LogP contribution in [0.25, 0.3) is 11.0 Å². The summed E-state index contributed by atoms with van der Waals surface area (Å²) in [6.07, 6.45) is 0. The maximum atomic E-state index is 5.60. The number of benzene rings is 2. The molecular weight excluding hydrogens is 248 g/mol. The number of nitrogens with one attached hydrogen (secondary N) is 1. The van der Waals surface area contributed by atoms with Crippen LogP contribution >= 0.6 is 0 Å². The molecule has 0 aliphatic carbocycles. The molecule has 0 amide bonds. The first-order valence-corrected chi connectivity index (χ1v) is 6.71. The number of rotatable bonds is 4. The van der Waals surface area contributed by atoms with Gasteiger partial charge < -0.3 is 15.6 Å². The summed E-state index contributed by atoms with van der Waals surface area (Å²) in [6, 6.07) is 16.4. The maximum Gasteiger partial charge on any atom is 0.203 e. The van der Waals surface area contributed by atoms with Crippen LogP contribution < -0.4 is 11.1 Å². The molecule has 0 unspecified atom stereocenters. The Balaban J connectivity index is 1.77. The zero-order valence-corrected chi connectivity index (χ0v) is 11.5. The summed E-state index contributed by atoms with van der Waals surface area (Å²) >= 11 is 0. The zero-order valence-electron chi connectivity index (χ0n) is 11.5. The molecule has 3 N–H and O–H groups in total. The Morgan fingerprint density at radius 2 is 1.75 bits per heavy atom. The number of imidazole rings is 1. The molecule has 0 fully saturated rings. The van der Waals surface area contributed by atoms with Gasteiger partial charge in [0, 0.05) is 20.1 Å². The normalized spacial score (nSPS) is 10.9. The molecule has 102 valence electrons. The molecule has 0 aliphatic heterocycles. The highest BCUT2D eigenvalue weighted by atomic mass is 15.2. The fraction of sp³-hybridized carbons (Fsp3) is 0.188. The second-order valence-electron chi connectivity index (χ2n) is 4.86. The van der Waals surface area contributed by atoms with Crippen LogP contribution in [-0.2, 0) is 20.1 Å². The number of aryl methyl sites for hydroxylation is 1. The molecule has 0 atom stereocenters. The van der Waals surface area contributed by atoms with Gasteiger partial charge in [-0.15, -0.1) is 0 Å². The van der Waals surface area contributed by atoms with E-state index in [0.717, 1.165) is 29.1 Å². The van der Waals surface area contributed by atoms with Gasteiger partial charge in [0.2, 0.25) is 5.95 Å². The van der Waals surface area contributed by atoms with E-state index in [2.05, 4.69) is 45.2 Å². The molecule has 4 nitrogen and oxygen atoms in total. The molecule has 1 aromatic heterocycles. The van der Waals surface area contributed by atoms with Gasteiger partial charge in [0.1, 0.15) is 0 Å². The molecule has 0 spiro atoms. The van der Waals surface area contributed by atoms with E-state index < -0.39 is 0 Å². The summed E-state index contributed by atoms with van der Waals surface area (Å²) in [5, 5.41) is 3.38. The zero-order chi connectivity index (χ0) is 13.9. The number of aromatic nitrogens is 2. The fourth-order valence-electron chi connectivity index (χ4n) is 2.28. The molecule has 0 saturated carbocycles. The molecule has 0 saturated heterocycles. The van der Waals surface area contributed by atoms with Crippen molar-refractivity contribution >= 4 is 17.0 Å². The van der Waals surface area contributed by atoms with Crippen molar-refractivity contribution in [2.24, 2.45) is 12.8 Å². The molecule has 20 heavy (non-hydrogen) atoms. The molecule has 0 bridgehead atoms. The Bertz CT molecular complexity index is 713. The van der Waals surface area contributed by atoms with Crippen LogP contribution in [0, 0.1) is 0 Å². The summed E-state index contributed by atoms with van der Waals surface area (Å²) < 4.78 is 2.07. The van der Waals surface area contributed by atoms with Crippen molar-refractivity contribution in [3.05, 3.63) is 59.7 Å². The van der Waals surface area contributed by atoms with E-state index in [0.29, 0.717) is 6.54 Å². The minimum atomic E-state index is 0.582. The maximum absolute atomic E-state index is 5.60. The lowest BCUT2D eigenvalue weighted by atomic mass is 10.1. The number of nitrogens with zero attached hydrogens (tertiary/aromatic N) is 2. The summed E-state index contributed by atoms with van der Waals surface area (Å²) in [4.78, 5) is 4.59. The van der Waals surface area contributed by atoms with Crippen molar-refractivity contribution in [3.63, 3.8) is 0 Å². The Labute approximate surface area is 118 Å². The Kier molecular flexibility index (Phi) is 3.39. The van der Waals surface area contributed by atoms with Gasteiger partial charge in [-0.3, -0.25) is 0 Å². The lowest BCUT2D eigenvalue weighted by Gasteiger charge is -2.07. The first-order chi connectivity index (χ1) is 9.78. The largest absolute Gasteiger partial charge is 0.352 e. The second-order valence-corrected chi connectivity index (χ2v) is 4.86. The van der Waals surface area contributed by atoms with Gasteiger partial charge in [0.25, 0.3) is 0 Å². The number of hydrogen-bond acceptors (Lipinski definition) is 3. The molecule has 4 heteroatoms. The number of nitrogens with two attached hydrogens (primary N) is 1. The van der Waals surface area contributed by atoms with Crippen LogP contribution in [0.1, 0.15) is 11.1 Å². The van der Waals surface area contributed by atoms with E-state index in [1.165, 1.54) is 5.56 Å². The molecular formula is C16H18N4. The number of anilines is 1. The lowest BCUT2D eigenvalue weighted by Crippen LogP contribution is -2.05. The predicted molar refractivity (Wildman–Crippen MR) is 82.4 cm³/mol. The SMILES string of the molecule is Cn1c(NCc2ccc(CN)cc2)nc2ccccc21. The van der Waals surface area contributed by atoms with Crippen molar-refractivity contribution in [2.45, 2.75) is 13.1 Å². The molecule has 1 heterocycles. The monoisotopic (exact) mass is 266 g/mol. The number of hydrogen-bond donors (Lipinski definition) is 2. The third kappa shape index (κ3) is 2.38. The molecule has 0 radical (unpaired) electrons. The van der Waals surface area contributed by atoms with E-state index in [1.807, 2.05) is 25.2 Å². The van der Waals surface area contributed by atoms with Gasteiger partial charge in [-0.25, -0.2) is 4.98 Å². The average Bonchev–Trinajstić information content (AvgIpc) is 2.83. The summed E-state index contributed by atoms with van der Waals surface area (Å²) in [7, 11) is 2.02. The average molecular weight is 266 g/mol. The van der Waals surface area contributed by atoms with Crippen LogP contribution in [0.2, 0.25) is 0 Å². The van der Waals surface area contributed by atoms with Crippen LogP contribution in [0.5, 0.6) is 0 Å². The summed E-state index contributed by atoms with van der Waals surface area (Å²) in [5.74, 6) is 0.883. The molecule has 0 aliphatic rings. The topological polar surface area (TPSA) is 55.9 Å². The van der Waals surface area contributed by atoms with Crippen LogP contribution in [0.15, 0.2) is 48.5 Å². The minimum Gasteiger partial charge on any atom is -0.352 e. The van der Waals surface area contributed by atoms with Gasteiger partial charge in [-0.1, -0.05) is 36.4 Å². The van der Waals surface area contributed by atoms with Gasteiger partial charge in [-0.2, -0.15) is 0 Å². The van der Waals surface area contributed by atoms with Crippen molar-refractivity contribution in [2.75, 3.05) is 5.32 Å². The first kappa shape index (κ1) is 12.7. The van der Waals surface area contributed by atoms with Crippen molar-refractivity contribution in [1.82, 2.24) is 9.55 Å². The molecule has 3 rings (SSSR count). The molecule has 3 aromatic rings. The van der Waals surface area contributed by atoms with E-state index >= 15 is 0 Å². The van der Waals surface area contributed by atoms with Crippen LogP contribution in [-0.4, -0.2) is 9.55 Å². The second kappa shape index (κ2) is 5.35. The van der Waals surface area contributed by atoms with Gasteiger partial charge in [-0.05, 0) is 23.3 Å². The van der Waals surface area contributed by atoms with Crippen LogP contribution in [0.4, 0.5) is 5.95 Å². The van der Waals surface area contributed by atoms with Gasteiger partial charge in [0.15, 0.2) is 0 Å². The highest BCUT2D eigenvalue weighted by Gasteiger charge is 2.06. The van der Waals surface area contributed by atoms with Crippen molar-refractivity contribution in [3.8, 4) is 0 Å². The Morgan fingerprint density at radius 3 is 2.45 bits per heavy atom.